The lowest BCUT2D eigenvalue weighted by molar-refractivity contribution is 0.0635. The predicted molar refractivity (Wildman–Crippen MR) is 76.0 cm³/mol. The summed E-state index contributed by atoms with van der Waals surface area (Å²) in [6.07, 6.45) is 3.10. The van der Waals surface area contributed by atoms with Gasteiger partial charge in [-0.3, -0.25) is 5.32 Å². The molecule has 116 valence electrons. The second-order valence-electron chi connectivity index (χ2n) is 5.32. The molecule has 2 aromatic heterocycles. The first-order valence-electron chi connectivity index (χ1n) is 6.35. The Kier molecular flexibility index (Phi) is 4.06. The van der Waals surface area contributed by atoms with E-state index in [1.807, 2.05) is 0 Å². The van der Waals surface area contributed by atoms with Crippen molar-refractivity contribution in [3.8, 4) is 5.82 Å². The quantitative estimate of drug-likeness (QED) is 0.885. The van der Waals surface area contributed by atoms with Gasteiger partial charge in [0.15, 0.2) is 11.6 Å². The number of carbonyl (C=O) groups is 2. The van der Waals surface area contributed by atoms with Crippen molar-refractivity contribution < 1.29 is 19.4 Å². The summed E-state index contributed by atoms with van der Waals surface area (Å²) in [5.74, 6) is -0.958. The summed E-state index contributed by atoms with van der Waals surface area (Å²) in [5.41, 5.74) is -0.891. The van der Waals surface area contributed by atoms with E-state index in [0.29, 0.717) is 5.82 Å². The number of carboxylic acids is 1. The van der Waals surface area contributed by atoms with E-state index in [1.54, 1.807) is 20.8 Å². The second kappa shape index (κ2) is 5.80. The molecule has 2 rings (SSSR count). The topological polar surface area (TPSA) is 119 Å². The number of rotatable bonds is 3. The van der Waals surface area contributed by atoms with E-state index in [1.165, 1.54) is 23.3 Å². The lowest BCUT2D eigenvalue weighted by atomic mass is 10.2. The molecule has 0 aromatic carbocycles. The number of ether oxygens (including phenoxy) is 1. The fourth-order valence-corrected chi connectivity index (χ4v) is 1.61. The number of hydrogen-bond acceptors (Lipinski definition) is 6. The molecular weight excluding hydrogens is 290 g/mol. The Bertz CT molecular complexity index is 690. The Hall–Kier alpha value is -2.97. The molecule has 0 saturated heterocycles. The van der Waals surface area contributed by atoms with Crippen LogP contribution < -0.4 is 5.32 Å². The van der Waals surface area contributed by atoms with Gasteiger partial charge >= 0.3 is 12.1 Å². The lowest BCUT2D eigenvalue weighted by Gasteiger charge is -2.20. The first-order chi connectivity index (χ1) is 10.3. The van der Waals surface area contributed by atoms with Gasteiger partial charge in [-0.15, -0.1) is 0 Å². The van der Waals surface area contributed by atoms with Crippen LogP contribution in [0.15, 0.2) is 24.8 Å². The minimum atomic E-state index is -1.23. The molecule has 0 saturated carbocycles. The Morgan fingerprint density at radius 1 is 1.36 bits per heavy atom. The van der Waals surface area contributed by atoms with Crippen molar-refractivity contribution in [1.29, 1.82) is 0 Å². The maximum atomic E-state index is 11.9. The summed E-state index contributed by atoms with van der Waals surface area (Å²) in [6.45, 7) is 5.10. The molecular formula is C13H15N5O4. The molecule has 0 atom stereocenters. The fourth-order valence-electron chi connectivity index (χ4n) is 1.61. The molecule has 0 aliphatic rings. The molecule has 0 fully saturated rings. The second-order valence-corrected chi connectivity index (χ2v) is 5.32. The number of carbonyl (C=O) groups excluding carboxylic acids is 1. The maximum absolute atomic E-state index is 11.9. The standard InChI is InChI=1S/C13H15N5O4/c1-13(2,3)22-12(21)17-10-8(11(19)20)6-16-18(10)9-4-5-14-7-15-9/h4-7H,1-3H3,(H,17,21)(H,19,20). The highest BCUT2D eigenvalue weighted by Crippen LogP contribution is 2.20. The normalized spacial score (nSPS) is 11.0. The summed E-state index contributed by atoms with van der Waals surface area (Å²) in [5, 5.41) is 15.5. The summed E-state index contributed by atoms with van der Waals surface area (Å²) >= 11 is 0. The number of carboxylic acid groups (broad SMARTS) is 1. The van der Waals surface area contributed by atoms with Crippen LogP contribution in [-0.2, 0) is 4.74 Å². The Morgan fingerprint density at radius 2 is 2.09 bits per heavy atom. The van der Waals surface area contributed by atoms with Crippen LogP contribution in [0.4, 0.5) is 10.6 Å². The van der Waals surface area contributed by atoms with Crippen LogP contribution in [-0.4, -0.2) is 42.5 Å². The van der Waals surface area contributed by atoms with Crippen molar-refractivity contribution in [2.24, 2.45) is 0 Å². The zero-order chi connectivity index (χ0) is 16.3. The van der Waals surface area contributed by atoms with Gasteiger partial charge in [-0.05, 0) is 20.8 Å². The average Bonchev–Trinajstić information content (AvgIpc) is 2.81. The molecule has 2 aromatic rings. The SMILES string of the molecule is CC(C)(C)OC(=O)Nc1c(C(=O)O)cnn1-c1ccncn1. The van der Waals surface area contributed by atoms with Gasteiger partial charge < -0.3 is 9.84 Å². The average molecular weight is 305 g/mol. The van der Waals surface area contributed by atoms with Gasteiger partial charge in [0.25, 0.3) is 0 Å². The molecule has 0 bridgehead atoms. The van der Waals surface area contributed by atoms with Crippen molar-refractivity contribution in [2.45, 2.75) is 26.4 Å². The minimum absolute atomic E-state index is 0.0412. The van der Waals surface area contributed by atoms with E-state index < -0.39 is 17.7 Å². The molecule has 1 amide bonds. The molecule has 0 radical (unpaired) electrons. The van der Waals surface area contributed by atoms with Gasteiger partial charge in [-0.2, -0.15) is 9.78 Å². The third-order valence-corrected chi connectivity index (χ3v) is 2.40. The molecule has 0 aliphatic heterocycles. The highest BCUT2D eigenvalue weighted by molar-refractivity contribution is 5.97. The van der Waals surface area contributed by atoms with E-state index in [0.717, 1.165) is 6.20 Å². The lowest BCUT2D eigenvalue weighted by Crippen LogP contribution is -2.28. The first kappa shape index (κ1) is 15.4. The summed E-state index contributed by atoms with van der Waals surface area (Å²) in [7, 11) is 0. The van der Waals surface area contributed by atoms with E-state index in [4.69, 9.17) is 4.74 Å². The van der Waals surface area contributed by atoms with Gasteiger partial charge in [0.05, 0.1) is 6.20 Å². The molecule has 9 heteroatoms. The van der Waals surface area contributed by atoms with Crippen LogP contribution in [0.1, 0.15) is 31.1 Å². The smallest absolute Gasteiger partial charge is 0.413 e. The highest BCUT2D eigenvalue weighted by Gasteiger charge is 2.23. The number of nitrogens with one attached hydrogen (secondary N) is 1. The zero-order valence-electron chi connectivity index (χ0n) is 12.3. The molecule has 2 N–H and O–H groups in total. The van der Waals surface area contributed by atoms with Crippen LogP contribution in [0.2, 0.25) is 0 Å². The van der Waals surface area contributed by atoms with Gasteiger partial charge in [-0.1, -0.05) is 0 Å². The number of nitrogens with zero attached hydrogens (tertiary/aromatic N) is 4. The summed E-state index contributed by atoms with van der Waals surface area (Å²) < 4.78 is 6.31. The third kappa shape index (κ3) is 3.57. The van der Waals surface area contributed by atoms with Gasteiger partial charge in [-0.25, -0.2) is 19.6 Å². The molecule has 0 aliphatic carbocycles. The molecule has 0 spiro atoms. The maximum Gasteiger partial charge on any atom is 0.413 e. The van der Waals surface area contributed by atoms with Crippen LogP contribution >= 0.6 is 0 Å². The van der Waals surface area contributed by atoms with Gasteiger partial charge in [0.2, 0.25) is 0 Å². The van der Waals surface area contributed by atoms with Crippen LogP contribution in [0, 0.1) is 0 Å². The minimum Gasteiger partial charge on any atom is -0.477 e. The summed E-state index contributed by atoms with van der Waals surface area (Å²) in [6, 6.07) is 1.53. The van der Waals surface area contributed by atoms with Crippen LogP contribution in [0.5, 0.6) is 0 Å². The van der Waals surface area contributed by atoms with Gasteiger partial charge in [0, 0.05) is 12.3 Å². The van der Waals surface area contributed by atoms with Crippen molar-refractivity contribution in [1.82, 2.24) is 19.7 Å². The van der Waals surface area contributed by atoms with Crippen molar-refractivity contribution >= 4 is 17.9 Å². The van der Waals surface area contributed by atoms with Crippen LogP contribution in [0.25, 0.3) is 5.82 Å². The number of anilines is 1. The van der Waals surface area contributed by atoms with E-state index in [2.05, 4.69) is 20.4 Å². The van der Waals surface area contributed by atoms with Crippen molar-refractivity contribution in [2.75, 3.05) is 5.32 Å². The number of amides is 1. The molecule has 2 heterocycles. The Morgan fingerprint density at radius 3 is 2.64 bits per heavy atom. The third-order valence-electron chi connectivity index (χ3n) is 2.40. The van der Waals surface area contributed by atoms with E-state index >= 15 is 0 Å². The first-order valence-corrected chi connectivity index (χ1v) is 6.35. The molecule has 0 unspecified atom stereocenters. The highest BCUT2D eigenvalue weighted by atomic mass is 16.6. The van der Waals surface area contributed by atoms with Crippen LogP contribution in [0.3, 0.4) is 0 Å². The number of hydrogen-bond donors (Lipinski definition) is 2. The molecule has 9 nitrogen and oxygen atoms in total. The monoisotopic (exact) mass is 305 g/mol. The Balaban J connectivity index is 2.38. The van der Waals surface area contributed by atoms with E-state index in [-0.39, 0.29) is 11.4 Å². The fraction of sp³-hybridized carbons (Fsp3) is 0.308. The molecule has 22 heavy (non-hydrogen) atoms. The number of aromatic carboxylic acids is 1. The Labute approximate surface area is 126 Å². The predicted octanol–water partition coefficient (Wildman–Crippen LogP) is 1.71. The largest absolute Gasteiger partial charge is 0.477 e. The van der Waals surface area contributed by atoms with Crippen molar-refractivity contribution in [3.63, 3.8) is 0 Å². The van der Waals surface area contributed by atoms with E-state index in [9.17, 15) is 14.7 Å². The zero-order valence-corrected chi connectivity index (χ0v) is 12.3. The van der Waals surface area contributed by atoms with Crippen molar-refractivity contribution in [3.05, 3.63) is 30.4 Å². The van der Waals surface area contributed by atoms with Gasteiger partial charge in [0.1, 0.15) is 17.5 Å². The summed E-state index contributed by atoms with van der Waals surface area (Å²) in [4.78, 5) is 30.9. The number of aromatic nitrogens is 4.